The normalized spacial score (nSPS) is 11.8. The van der Waals surface area contributed by atoms with Crippen LogP contribution in [0, 0.1) is 0 Å². The van der Waals surface area contributed by atoms with E-state index in [0.29, 0.717) is 11.0 Å². The Kier molecular flexibility index (Phi) is 7.16. The molecule has 0 saturated carbocycles. The van der Waals surface area contributed by atoms with Gasteiger partial charge in [-0.2, -0.15) is 13.2 Å². The van der Waals surface area contributed by atoms with Gasteiger partial charge in [-0.05, 0) is 36.4 Å². The molecule has 4 nitrogen and oxygen atoms in total. The summed E-state index contributed by atoms with van der Waals surface area (Å²) in [7, 11) is -4.45. The van der Waals surface area contributed by atoms with Crippen LogP contribution in [-0.4, -0.2) is 13.5 Å². The third-order valence-corrected chi connectivity index (χ3v) is 7.25. The molecule has 0 heterocycles. The van der Waals surface area contributed by atoms with E-state index in [1.807, 2.05) is 6.07 Å². The predicted molar refractivity (Wildman–Crippen MR) is 126 cm³/mol. The van der Waals surface area contributed by atoms with Crippen LogP contribution in [0.5, 0.6) is 5.75 Å². The summed E-state index contributed by atoms with van der Waals surface area (Å²) < 4.78 is 67.9. The highest BCUT2D eigenvalue weighted by atomic mass is 35.5. The summed E-state index contributed by atoms with van der Waals surface area (Å²) in [4.78, 5) is 0.460. The van der Waals surface area contributed by atoms with Crippen molar-refractivity contribution in [1.29, 1.82) is 0 Å². The molecule has 3 rings (SSSR count). The zero-order valence-electron chi connectivity index (χ0n) is 16.9. The quantitative estimate of drug-likeness (QED) is 0.326. The third-order valence-electron chi connectivity index (χ3n) is 4.52. The van der Waals surface area contributed by atoms with Crippen LogP contribution in [0.15, 0.2) is 82.4 Å². The maximum atomic E-state index is 13.2. The number of hydrogen-bond donors (Lipinski definition) is 2. The van der Waals surface area contributed by atoms with Gasteiger partial charge in [0.05, 0.1) is 26.1 Å². The van der Waals surface area contributed by atoms with E-state index in [1.165, 1.54) is 30.0 Å². The standard InChI is InChI=1S/C23H17ClF3NO3S2/c1-3-16-17(4-2)22(29)21(32-14-8-6-5-7-9-14)13-20(16)28-33(30,31)15-10-11-19(24)18(12-15)23(25,26)27/h3-13,28-29H,1-2H2. The second-order valence-corrected chi connectivity index (χ2v) is 9.87. The Bertz CT molecular complexity index is 1330. The predicted octanol–water partition coefficient (Wildman–Crippen LogP) is 7.30. The zero-order valence-corrected chi connectivity index (χ0v) is 19.2. The van der Waals surface area contributed by atoms with Gasteiger partial charge in [-0.3, -0.25) is 4.72 Å². The lowest BCUT2D eigenvalue weighted by molar-refractivity contribution is -0.137. The molecule has 3 aromatic rings. The van der Waals surface area contributed by atoms with E-state index in [1.54, 1.807) is 24.3 Å². The van der Waals surface area contributed by atoms with Crippen molar-refractivity contribution < 1.29 is 26.7 Å². The van der Waals surface area contributed by atoms with Crippen molar-refractivity contribution in [2.45, 2.75) is 20.9 Å². The first-order valence-corrected chi connectivity index (χ1v) is 11.9. The Labute approximate surface area is 198 Å². The average Bonchev–Trinajstić information content (AvgIpc) is 2.75. The summed E-state index contributed by atoms with van der Waals surface area (Å²) in [6.07, 6.45) is -2.18. The van der Waals surface area contributed by atoms with E-state index in [-0.39, 0.29) is 22.6 Å². The van der Waals surface area contributed by atoms with Crippen molar-refractivity contribution in [3.05, 3.63) is 89.5 Å². The topological polar surface area (TPSA) is 66.4 Å². The number of phenolic OH excluding ortho intramolecular Hbond substituents is 1. The molecule has 2 N–H and O–H groups in total. The maximum Gasteiger partial charge on any atom is 0.417 e. The zero-order chi connectivity index (χ0) is 24.4. The van der Waals surface area contributed by atoms with Gasteiger partial charge < -0.3 is 5.11 Å². The van der Waals surface area contributed by atoms with Crippen LogP contribution in [0.25, 0.3) is 12.2 Å². The summed E-state index contributed by atoms with van der Waals surface area (Å²) >= 11 is 6.78. The summed E-state index contributed by atoms with van der Waals surface area (Å²) in [5.74, 6) is -0.137. The number of anilines is 1. The van der Waals surface area contributed by atoms with Gasteiger partial charge in [0, 0.05) is 16.0 Å². The highest BCUT2D eigenvalue weighted by Crippen LogP contribution is 2.43. The van der Waals surface area contributed by atoms with Crippen LogP contribution in [-0.2, 0) is 16.2 Å². The monoisotopic (exact) mass is 511 g/mol. The lowest BCUT2D eigenvalue weighted by Gasteiger charge is -2.18. The molecule has 0 atom stereocenters. The second kappa shape index (κ2) is 9.54. The minimum atomic E-state index is -4.83. The van der Waals surface area contributed by atoms with E-state index in [4.69, 9.17) is 11.6 Å². The first-order valence-electron chi connectivity index (χ1n) is 9.25. The number of halogens is 4. The molecule has 0 aliphatic carbocycles. The average molecular weight is 512 g/mol. The molecule has 172 valence electrons. The molecule has 0 spiro atoms. The molecule has 0 saturated heterocycles. The largest absolute Gasteiger partial charge is 0.506 e. The number of sulfonamides is 1. The maximum absolute atomic E-state index is 13.2. The van der Waals surface area contributed by atoms with E-state index in [0.717, 1.165) is 17.0 Å². The minimum Gasteiger partial charge on any atom is -0.506 e. The highest BCUT2D eigenvalue weighted by molar-refractivity contribution is 7.99. The SMILES string of the molecule is C=Cc1c(NS(=O)(=O)c2ccc(Cl)c(C(F)(F)F)c2)cc(Sc2ccccc2)c(O)c1C=C. The number of phenols is 1. The van der Waals surface area contributed by atoms with Crippen LogP contribution in [0.3, 0.4) is 0 Å². The van der Waals surface area contributed by atoms with Crippen LogP contribution in [0.2, 0.25) is 5.02 Å². The number of rotatable bonds is 7. The van der Waals surface area contributed by atoms with Crippen molar-refractivity contribution in [3.63, 3.8) is 0 Å². The van der Waals surface area contributed by atoms with Crippen LogP contribution in [0.4, 0.5) is 18.9 Å². The van der Waals surface area contributed by atoms with Gasteiger partial charge >= 0.3 is 6.18 Å². The number of alkyl halides is 3. The molecule has 0 aliphatic rings. The van der Waals surface area contributed by atoms with Crippen molar-refractivity contribution >= 4 is 51.2 Å². The van der Waals surface area contributed by atoms with E-state index >= 15 is 0 Å². The van der Waals surface area contributed by atoms with Gasteiger partial charge in [0.1, 0.15) is 5.75 Å². The molecule has 0 fully saturated rings. The fraction of sp³-hybridized carbons (Fsp3) is 0.0435. The van der Waals surface area contributed by atoms with Crippen molar-refractivity contribution in [2.24, 2.45) is 0 Å². The van der Waals surface area contributed by atoms with Gasteiger partial charge in [0.15, 0.2) is 0 Å². The summed E-state index contributed by atoms with van der Waals surface area (Å²) in [6, 6.07) is 12.7. The van der Waals surface area contributed by atoms with Crippen molar-refractivity contribution in [1.82, 2.24) is 0 Å². The van der Waals surface area contributed by atoms with Crippen LogP contribution in [0.1, 0.15) is 16.7 Å². The smallest absolute Gasteiger partial charge is 0.417 e. The summed E-state index contributed by atoms with van der Waals surface area (Å²) in [6.45, 7) is 7.31. The van der Waals surface area contributed by atoms with E-state index in [9.17, 15) is 26.7 Å². The molecular formula is C23H17ClF3NO3S2. The third kappa shape index (κ3) is 5.38. The van der Waals surface area contributed by atoms with Crippen LogP contribution < -0.4 is 4.72 Å². The van der Waals surface area contributed by atoms with Crippen molar-refractivity contribution in [2.75, 3.05) is 4.72 Å². The molecule has 0 aliphatic heterocycles. The Morgan fingerprint density at radius 1 is 1.00 bits per heavy atom. The van der Waals surface area contributed by atoms with E-state index < -0.39 is 31.7 Å². The Hall–Kier alpha value is -2.88. The first kappa shape index (κ1) is 24.8. The number of benzene rings is 3. The molecule has 0 aromatic heterocycles. The first-order chi connectivity index (χ1) is 15.5. The van der Waals surface area contributed by atoms with Crippen LogP contribution >= 0.6 is 23.4 Å². The fourth-order valence-corrected chi connectivity index (χ4v) is 5.23. The van der Waals surface area contributed by atoms with Gasteiger partial charge in [-0.1, -0.05) is 66.9 Å². The summed E-state index contributed by atoms with van der Waals surface area (Å²) in [5, 5.41) is 10.1. The van der Waals surface area contributed by atoms with Gasteiger partial charge in [-0.15, -0.1) is 0 Å². The van der Waals surface area contributed by atoms with E-state index in [2.05, 4.69) is 17.9 Å². The molecule has 0 bridgehead atoms. The molecule has 10 heteroatoms. The van der Waals surface area contributed by atoms with Crippen molar-refractivity contribution in [3.8, 4) is 5.75 Å². The molecule has 3 aromatic carbocycles. The Balaban J connectivity index is 2.11. The molecule has 33 heavy (non-hydrogen) atoms. The fourth-order valence-electron chi connectivity index (χ4n) is 2.98. The number of hydrogen-bond acceptors (Lipinski definition) is 4. The second-order valence-electron chi connectivity index (χ2n) is 6.67. The number of nitrogens with one attached hydrogen (secondary N) is 1. The molecule has 0 radical (unpaired) electrons. The number of aromatic hydroxyl groups is 1. The van der Waals surface area contributed by atoms with Gasteiger partial charge in [-0.25, -0.2) is 8.42 Å². The minimum absolute atomic E-state index is 0.0136. The Morgan fingerprint density at radius 2 is 1.64 bits per heavy atom. The lowest BCUT2D eigenvalue weighted by atomic mass is 10.0. The molecule has 0 amide bonds. The van der Waals surface area contributed by atoms with Gasteiger partial charge in [0.25, 0.3) is 10.0 Å². The molecule has 0 unspecified atom stereocenters. The lowest BCUT2D eigenvalue weighted by Crippen LogP contribution is -2.16. The Morgan fingerprint density at radius 3 is 2.21 bits per heavy atom. The van der Waals surface area contributed by atoms with Gasteiger partial charge in [0.2, 0.25) is 0 Å². The molecular weight excluding hydrogens is 495 g/mol. The highest BCUT2D eigenvalue weighted by Gasteiger charge is 2.34. The summed E-state index contributed by atoms with van der Waals surface area (Å²) in [5.41, 5.74) is -0.822.